The van der Waals surface area contributed by atoms with Gasteiger partial charge in [-0.2, -0.15) is 0 Å². The number of carbonyl (C=O) groups is 1. The fourth-order valence-electron chi connectivity index (χ4n) is 1.58. The molecule has 1 aromatic rings. The van der Waals surface area contributed by atoms with Gasteiger partial charge >= 0.3 is 0 Å². The minimum atomic E-state index is -3.90. The van der Waals surface area contributed by atoms with Crippen molar-refractivity contribution >= 4 is 41.6 Å². The highest BCUT2D eigenvalue weighted by Crippen LogP contribution is 2.28. The summed E-state index contributed by atoms with van der Waals surface area (Å²) in [4.78, 5) is 12.1. The molecule has 0 aromatic heterocycles. The third-order valence-corrected chi connectivity index (χ3v) is 5.78. The van der Waals surface area contributed by atoms with E-state index in [1.54, 1.807) is 13.0 Å². The van der Waals surface area contributed by atoms with E-state index < -0.39 is 9.05 Å². The van der Waals surface area contributed by atoms with Crippen LogP contribution in [0, 0.1) is 12.3 Å². The summed E-state index contributed by atoms with van der Waals surface area (Å²) in [5.74, 6) is -0.321. The zero-order valence-electron chi connectivity index (χ0n) is 12.5. The molecule has 0 aliphatic heterocycles. The van der Waals surface area contributed by atoms with Gasteiger partial charge in [-0.15, -0.1) is 0 Å². The molecular formula is C14H19BrClNO3S. The van der Waals surface area contributed by atoms with Gasteiger partial charge in [0.2, 0.25) is 0 Å². The Bertz CT molecular complexity index is 656. The summed E-state index contributed by atoms with van der Waals surface area (Å²) in [5, 5.41) is 2.82. The SMILES string of the molecule is CCC(C)(C)CNC(=O)c1cc(Br)c(C)c(S(=O)(=O)Cl)c1. The number of nitrogens with one attached hydrogen (secondary N) is 1. The molecule has 1 N–H and O–H groups in total. The molecule has 118 valence electrons. The summed E-state index contributed by atoms with van der Waals surface area (Å²) in [6.07, 6.45) is 0.923. The second-order valence-electron chi connectivity index (χ2n) is 5.72. The lowest BCUT2D eigenvalue weighted by Gasteiger charge is -2.23. The summed E-state index contributed by atoms with van der Waals surface area (Å²) >= 11 is 3.26. The summed E-state index contributed by atoms with van der Waals surface area (Å²) in [7, 11) is 1.51. The Morgan fingerprint density at radius 2 is 1.95 bits per heavy atom. The predicted octanol–water partition coefficient (Wildman–Crippen LogP) is 3.85. The van der Waals surface area contributed by atoms with Crippen molar-refractivity contribution in [3.8, 4) is 0 Å². The van der Waals surface area contributed by atoms with E-state index in [2.05, 4.69) is 21.2 Å². The topological polar surface area (TPSA) is 63.2 Å². The monoisotopic (exact) mass is 395 g/mol. The van der Waals surface area contributed by atoms with Crippen molar-refractivity contribution in [3.05, 3.63) is 27.7 Å². The Morgan fingerprint density at radius 1 is 1.38 bits per heavy atom. The van der Waals surface area contributed by atoms with Gasteiger partial charge in [-0.25, -0.2) is 8.42 Å². The summed E-state index contributed by atoms with van der Waals surface area (Å²) in [6, 6.07) is 2.89. The molecule has 0 saturated heterocycles. The van der Waals surface area contributed by atoms with Crippen LogP contribution in [-0.4, -0.2) is 20.9 Å². The highest BCUT2D eigenvalue weighted by atomic mass is 79.9. The molecule has 0 aliphatic carbocycles. The van der Waals surface area contributed by atoms with Gasteiger partial charge in [-0.1, -0.05) is 36.7 Å². The first-order chi connectivity index (χ1) is 9.48. The maximum Gasteiger partial charge on any atom is 0.261 e. The molecule has 0 saturated carbocycles. The van der Waals surface area contributed by atoms with Crippen LogP contribution in [0.3, 0.4) is 0 Å². The Kier molecular flexibility index (Phi) is 5.86. The van der Waals surface area contributed by atoms with Crippen LogP contribution in [0.1, 0.15) is 43.1 Å². The van der Waals surface area contributed by atoms with Crippen molar-refractivity contribution in [1.82, 2.24) is 5.32 Å². The Hall–Kier alpha value is -0.590. The minimum absolute atomic E-state index is 0.0149. The van der Waals surface area contributed by atoms with Gasteiger partial charge < -0.3 is 5.32 Å². The number of halogens is 2. The molecule has 0 spiro atoms. The lowest BCUT2D eigenvalue weighted by atomic mass is 9.90. The van der Waals surface area contributed by atoms with E-state index >= 15 is 0 Å². The van der Waals surface area contributed by atoms with Gasteiger partial charge in [0, 0.05) is 27.3 Å². The molecule has 1 aromatic carbocycles. The lowest BCUT2D eigenvalue weighted by Crippen LogP contribution is -2.33. The Morgan fingerprint density at radius 3 is 2.43 bits per heavy atom. The number of amides is 1. The van der Waals surface area contributed by atoms with Crippen LogP contribution in [0.2, 0.25) is 0 Å². The molecule has 1 rings (SSSR count). The van der Waals surface area contributed by atoms with E-state index in [-0.39, 0.29) is 21.8 Å². The van der Waals surface area contributed by atoms with Crippen molar-refractivity contribution in [1.29, 1.82) is 0 Å². The van der Waals surface area contributed by atoms with Crippen LogP contribution in [0.15, 0.2) is 21.5 Å². The van der Waals surface area contributed by atoms with Crippen molar-refractivity contribution in [2.45, 2.75) is 39.0 Å². The van der Waals surface area contributed by atoms with Gasteiger partial charge in [-0.3, -0.25) is 4.79 Å². The Labute approximate surface area is 138 Å². The zero-order chi connectivity index (χ0) is 16.4. The number of rotatable bonds is 5. The maximum absolute atomic E-state index is 12.2. The number of hydrogen-bond donors (Lipinski definition) is 1. The zero-order valence-corrected chi connectivity index (χ0v) is 15.6. The molecule has 4 nitrogen and oxygen atoms in total. The van der Waals surface area contributed by atoms with Crippen molar-refractivity contribution in [2.75, 3.05) is 6.54 Å². The molecule has 7 heteroatoms. The van der Waals surface area contributed by atoms with Gasteiger partial charge in [0.25, 0.3) is 15.0 Å². The van der Waals surface area contributed by atoms with Crippen molar-refractivity contribution < 1.29 is 13.2 Å². The normalized spacial score (nSPS) is 12.3. The first kappa shape index (κ1) is 18.5. The van der Waals surface area contributed by atoms with E-state index in [1.165, 1.54) is 6.07 Å². The summed E-state index contributed by atoms with van der Waals surface area (Å²) in [5.41, 5.74) is 0.730. The van der Waals surface area contributed by atoms with E-state index in [9.17, 15) is 13.2 Å². The second kappa shape index (κ2) is 6.67. The maximum atomic E-state index is 12.2. The first-order valence-electron chi connectivity index (χ1n) is 6.51. The largest absolute Gasteiger partial charge is 0.352 e. The smallest absolute Gasteiger partial charge is 0.261 e. The third kappa shape index (κ3) is 4.97. The predicted molar refractivity (Wildman–Crippen MR) is 88.3 cm³/mol. The van der Waals surface area contributed by atoms with Crippen molar-refractivity contribution in [3.63, 3.8) is 0 Å². The van der Waals surface area contributed by atoms with E-state index in [0.717, 1.165) is 6.42 Å². The first-order valence-corrected chi connectivity index (χ1v) is 9.61. The van der Waals surface area contributed by atoms with Crippen molar-refractivity contribution in [2.24, 2.45) is 5.41 Å². The molecule has 0 heterocycles. The number of hydrogen-bond acceptors (Lipinski definition) is 3. The highest BCUT2D eigenvalue weighted by Gasteiger charge is 2.21. The second-order valence-corrected chi connectivity index (χ2v) is 9.11. The molecule has 0 unspecified atom stereocenters. The average Bonchev–Trinajstić information content (AvgIpc) is 2.37. The number of benzene rings is 1. The van der Waals surface area contributed by atoms with E-state index in [1.807, 2.05) is 20.8 Å². The van der Waals surface area contributed by atoms with Crippen LogP contribution < -0.4 is 5.32 Å². The van der Waals surface area contributed by atoms with Crippen LogP contribution in [0.4, 0.5) is 0 Å². The summed E-state index contributed by atoms with van der Waals surface area (Å²) in [6.45, 7) is 8.28. The highest BCUT2D eigenvalue weighted by molar-refractivity contribution is 9.10. The van der Waals surface area contributed by atoms with Crippen LogP contribution in [-0.2, 0) is 9.05 Å². The van der Waals surface area contributed by atoms with Crippen LogP contribution >= 0.6 is 26.6 Å². The molecule has 1 amide bonds. The summed E-state index contributed by atoms with van der Waals surface area (Å²) < 4.78 is 23.6. The number of carbonyl (C=O) groups excluding carboxylic acids is 1. The van der Waals surface area contributed by atoms with Gasteiger partial charge in [0.1, 0.15) is 0 Å². The molecule has 0 atom stereocenters. The van der Waals surface area contributed by atoms with E-state index in [0.29, 0.717) is 16.6 Å². The molecule has 0 bridgehead atoms. The fraction of sp³-hybridized carbons (Fsp3) is 0.500. The van der Waals surface area contributed by atoms with E-state index in [4.69, 9.17) is 10.7 Å². The van der Waals surface area contributed by atoms with Crippen LogP contribution in [0.5, 0.6) is 0 Å². The lowest BCUT2D eigenvalue weighted by molar-refractivity contribution is 0.0935. The molecule has 0 aliphatic rings. The van der Waals surface area contributed by atoms with Crippen LogP contribution in [0.25, 0.3) is 0 Å². The molecule has 0 fully saturated rings. The Balaban J connectivity index is 3.10. The molecular weight excluding hydrogens is 378 g/mol. The average molecular weight is 397 g/mol. The molecule has 0 radical (unpaired) electrons. The van der Waals surface area contributed by atoms with Gasteiger partial charge in [-0.05, 0) is 36.5 Å². The van der Waals surface area contributed by atoms with Gasteiger partial charge in [0.05, 0.1) is 4.90 Å². The molecule has 21 heavy (non-hydrogen) atoms. The quantitative estimate of drug-likeness (QED) is 0.769. The third-order valence-electron chi connectivity index (χ3n) is 3.51. The fourth-order valence-corrected chi connectivity index (χ4v) is 3.40. The standard InChI is InChI=1S/C14H19BrClNO3S/c1-5-14(3,4)8-17-13(18)10-6-11(15)9(2)12(7-10)21(16,19)20/h6-7H,5,8H2,1-4H3,(H,17,18). The minimum Gasteiger partial charge on any atom is -0.352 e. The van der Waals surface area contributed by atoms with Gasteiger partial charge in [0.15, 0.2) is 0 Å².